The lowest BCUT2D eigenvalue weighted by Gasteiger charge is -2.44. The third kappa shape index (κ3) is 1.99. The van der Waals surface area contributed by atoms with Gasteiger partial charge in [0.2, 0.25) is 0 Å². The van der Waals surface area contributed by atoms with Crippen molar-refractivity contribution in [3.05, 3.63) is 0 Å². The lowest BCUT2D eigenvalue weighted by atomic mass is 10.1. The van der Waals surface area contributed by atoms with Crippen LogP contribution in [0.5, 0.6) is 0 Å². The summed E-state index contributed by atoms with van der Waals surface area (Å²) in [7, 11) is 2.23. The van der Waals surface area contributed by atoms with E-state index in [4.69, 9.17) is 0 Å². The van der Waals surface area contributed by atoms with Gasteiger partial charge in [-0.2, -0.15) is 0 Å². The maximum Gasteiger partial charge on any atom is 0.0195 e. The van der Waals surface area contributed by atoms with E-state index in [1.165, 1.54) is 13.1 Å². The maximum absolute atomic E-state index is 2.56. The zero-order valence-corrected chi connectivity index (χ0v) is 9.04. The van der Waals surface area contributed by atoms with Crippen LogP contribution in [0.1, 0.15) is 27.7 Å². The van der Waals surface area contributed by atoms with E-state index in [0.29, 0.717) is 18.1 Å². The van der Waals surface area contributed by atoms with E-state index < -0.39 is 0 Å². The fourth-order valence-corrected chi connectivity index (χ4v) is 1.87. The summed E-state index contributed by atoms with van der Waals surface area (Å²) in [5, 5.41) is 0. The number of nitrogens with zero attached hydrogens (tertiary/aromatic N) is 2. The van der Waals surface area contributed by atoms with Crippen LogP contribution < -0.4 is 0 Å². The quantitative estimate of drug-likeness (QED) is 0.587. The highest BCUT2D eigenvalue weighted by Gasteiger charge is 2.27. The maximum atomic E-state index is 2.56. The van der Waals surface area contributed by atoms with Gasteiger partial charge in [0.15, 0.2) is 0 Å². The molecule has 12 heavy (non-hydrogen) atoms. The zero-order valence-electron chi connectivity index (χ0n) is 9.04. The SMILES string of the molecule is CC(C)N1CC(C)N(C)[C@H](C)C1. The molecule has 1 rings (SSSR count). The molecule has 0 amide bonds. The Labute approximate surface area is 76.5 Å². The van der Waals surface area contributed by atoms with Gasteiger partial charge in [-0.3, -0.25) is 9.80 Å². The van der Waals surface area contributed by atoms with Crippen LogP contribution in [0.4, 0.5) is 0 Å². The molecule has 0 bridgehead atoms. The van der Waals surface area contributed by atoms with Crippen molar-refractivity contribution in [2.45, 2.75) is 45.8 Å². The Hall–Kier alpha value is -0.0800. The molecule has 0 radical (unpaired) electrons. The average molecular weight is 170 g/mol. The summed E-state index contributed by atoms with van der Waals surface area (Å²) in [4.78, 5) is 5.04. The van der Waals surface area contributed by atoms with Crippen molar-refractivity contribution < 1.29 is 0 Å². The average Bonchev–Trinajstić information content (AvgIpc) is 1.99. The van der Waals surface area contributed by atoms with Crippen molar-refractivity contribution in [2.24, 2.45) is 0 Å². The highest BCUT2D eigenvalue weighted by Crippen LogP contribution is 2.14. The smallest absolute Gasteiger partial charge is 0.0195 e. The van der Waals surface area contributed by atoms with Crippen LogP contribution in [0.2, 0.25) is 0 Å². The molecule has 1 fully saturated rings. The summed E-state index contributed by atoms with van der Waals surface area (Å²) < 4.78 is 0. The van der Waals surface area contributed by atoms with Crippen molar-refractivity contribution in [2.75, 3.05) is 20.1 Å². The summed E-state index contributed by atoms with van der Waals surface area (Å²) in [5.41, 5.74) is 0. The zero-order chi connectivity index (χ0) is 9.30. The Morgan fingerprint density at radius 2 is 1.50 bits per heavy atom. The molecule has 1 saturated heterocycles. The minimum Gasteiger partial charge on any atom is -0.298 e. The van der Waals surface area contributed by atoms with Crippen molar-refractivity contribution in [1.82, 2.24) is 9.80 Å². The Balaban J connectivity index is 2.53. The van der Waals surface area contributed by atoms with E-state index in [9.17, 15) is 0 Å². The van der Waals surface area contributed by atoms with Gasteiger partial charge in [0, 0.05) is 31.2 Å². The number of piperazine rings is 1. The van der Waals surface area contributed by atoms with Gasteiger partial charge < -0.3 is 0 Å². The van der Waals surface area contributed by atoms with E-state index in [-0.39, 0.29) is 0 Å². The van der Waals surface area contributed by atoms with Crippen molar-refractivity contribution in [1.29, 1.82) is 0 Å². The van der Waals surface area contributed by atoms with Gasteiger partial charge in [-0.05, 0) is 34.7 Å². The number of hydrogen-bond donors (Lipinski definition) is 0. The van der Waals surface area contributed by atoms with Gasteiger partial charge in [0.1, 0.15) is 0 Å². The van der Waals surface area contributed by atoms with Gasteiger partial charge in [0.05, 0.1) is 0 Å². The van der Waals surface area contributed by atoms with Crippen LogP contribution >= 0.6 is 0 Å². The molecular weight excluding hydrogens is 148 g/mol. The number of likely N-dealkylation sites (N-methyl/N-ethyl adjacent to an activating group) is 1. The first-order valence-electron chi connectivity index (χ1n) is 4.98. The van der Waals surface area contributed by atoms with Crippen molar-refractivity contribution in [3.63, 3.8) is 0 Å². The highest BCUT2D eigenvalue weighted by atomic mass is 15.3. The van der Waals surface area contributed by atoms with Gasteiger partial charge >= 0.3 is 0 Å². The molecule has 1 aliphatic rings. The second-order valence-corrected chi connectivity index (χ2v) is 4.41. The highest BCUT2D eigenvalue weighted by molar-refractivity contribution is 4.83. The van der Waals surface area contributed by atoms with Crippen LogP contribution in [-0.2, 0) is 0 Å². The Morgan fingerprint density at radius 1 is 1.08 bits per heavy atom. The Kier molecular flexibility index (Phi) is 3.13. The standard InChI is InChI=1S/C10H22N2/c1-8(2)12-6-9(3)11(5)10(4)7-12/h8-10H,6-7H2,1-5H3/t9-,10?/m1/s1. The van der Waals surface area contributed by atoms with E-state index in [2.05, 4.69) is 44.5 Å². The van der Waals surface area contributed by atoms with E-state index in [1.54, 1.807) is 0 Å². The molecule has 2 heteroatoms. The first-order valence-corrected chi connectivity index (χ1v) is 4.98. The predicted molar refractivity (Wildman–Crippen MR) is 53.4 cm³/mol. The van der Waals surface area contributed by atoms with E-state index >= 15 is 0 Å². The van der Waals surface area contributed by atoms with Gasteiger partial charge in [0.25, 0.3) is 0 Å². The van der Waals surface area contributed by atoms with Gasteiger partial charge in [-0.25, -0.2) is 0 Å². The normalized spacial score (nSPS) is 34.5. The summed E-state index contributed by atoms with van der Waals surface area (Å²) in [6.45, 7) is 11.6. The molecule has 0 aromatic heterocycles. The van der Waals surface area contributed by atoms with Crippen LogP contribution in [0.15, 0.2) is 0 Å². The number of hydrogen-bond acceptors (Lipinski definition) is 2. The summed E-state index contributed by atoms with van der Waals surface area (Å²) in [6, 6.07) is 2.11. The monoisotopic (exact) mass is 170 g/mol. The predicted octanol–water partition coefficient (Wildman–Crippen LogP) is 1.42. The minimum absolute atomic E-state index is 0.698. The molecule has 0 spiro atoms. The molecule has 1 unspecified atom stereocenters. The molecule has 0 aromatic carbocycles. The lowest BCUT2D eigenvalue weighted by molar-refractivity contribution is 0.0425. The second-order valence-electron chi connectivity index (χ2n) is 4.41. The Bertz CT molecular complexity index is 133. The largest absolute Gasteiger partial charge is 0.298 e. The fraction of sp³-hybridized carbons (Fsp3) is 1.00. The van der Waals surface area contributed by atoms with Crippen molar-refractivity contribution >= 4 is 0 Å². The third-order valence-corrected chi connectivity index (χ3v) is 3.12. The van der Waals surface area contributed by atoms with E-state index in [1.807, 2.05) is 0 Å². The molecule has 0 N–H and O–H groups in total. The van der Waals surface area contributed by atoms with Crippen LogP contribution in [0, 0.1) is 0 Å². The molecule has 0 aliphatic carbocycles. The molecule has 2 nitrogen and oxygen atoms in total. The molecule has 1 aliphatic heterocycles. The first kappa shape index (κ1) is 10.0. The molecular formula is C10H22N2. The van der Waals surface area contributed by atoms with Crippen LogP contribution in [-0.4, -0.2) is 48.1 Å². The molecule has 72 valence electrons. The molecule has 0 saturated carbocycles. The lowest BCUT2D eigenvalue weighted by Crippen LogP contribution is -2.56. The van der Waals surface area contributed by atoms with Crippen molar-refractivity contribution in [3.8, 4) is 0 Å². The Morgan fingerprint density at radius 3 is 1.83 bits per heavy atom. The molecule has 2 atom stereocenters. The third-order valence-electron chi connectivity index (χ3n) is 3.12. The fourth-order valence-electron chi connectivity index (χ4n) is 1.87. The topological polar surface area (TPSA) is 6.48 Å². The summed E-state index contributed by atoms with van der Waals surface area (Å²) >= 11 is 0. The van der Waals surface area contributed by atoms with Crippen LogP contribution in [0.25, 0.3) is 0 Å². The second kappa shape index (κ2) is 3.75. The molecule has 1 heterocycles. The summed E-state index contributed by atoms with van der Waals surface area (Å²) in [5.74, 6) is 0. The van der Waals surface area contributed by atoms with E-state index in [0.717, 1.165) is 0 Å². The molecule has 0 aromatic rings. The van der Waals surface area contributed by atoms with Crippen LogP contribution in [0.3, 0.4) is 0 Å². The van der Waals surface area contributed by atoms with Gasteiger partial charge in [-0.15, -0.1) is 0 Å². The number of rotatable bonds is 1. The first-order chi connectivity index (χ1) is 5.52. The van der Waals surface area contributed by atoms with Gasteiger partial charge in [-0.1, -0.05) is 0 Å². The summed E-state index contributed by atoms with van der Waals surface area (Å²) in [6.07, 6.45) is 0. The minimum atomic E-state index is 0.698.